The zero-order chi connectivity index (χ0) is 23.0. The highest BCUT2D eigenvalue weighted by atomic mass is 32.2. The van der Waals surface area contributed by atoms with Crippen LogP contribution < -0.4 is 0 Å². The van der Waals surface area contributed by atoms with Gasteiger partial charge in [-0.2, -0.15) is 13.1 Å². The van der Waals surface area contributed by atoms with Gasteiger partial charge in [0.2, 0.25) is 15.8 Å². The molecule has 33 heavy (non-hydrogen) atoms. The predicted octanol–water partition coefficient (Wildman–Crippen LogP) is 3.12. The van der Waals surface area contributed by atoms with Crippen LogP contribution in [0.2, 0.25) is 0 Å². The van der Waals surface area contributed by atoms with Gasteiger partial charge in [-0.3, -0.25) is 4.90 Å². The summed E-state index contributed by atoms with van der Waals surface area (Å²) in [6, 6.07) is 12.5. The maximum Gasteiger partial charge on any atom is 0.374 e. The summed E-state index contributed by atoms with van der Waals surface area (Å²) >= 11 is 1.00. The van der Waals surface area contributed by atoms with E-state index >= 15 is 0 Å². The van der Waals surface area contributed by atoms with E-state index in [2.05, 4.69) is 13.6 Å². The molecule has 11 heteroatoms. The van der Waals surface area contributed by atoms with E-state index in [1.807, 2.05) is 24.3 Å². The van der Waals surface area contributed by atoms with Crippen molar-refractivity contribution in [3.63, 3.8) is 0 Å². The third-order valence-electron chi connectivity index (χ3n) is 5.74. The van der Waals surface area contributed by atoms with E-state index in [-0.39, 0.29) is 17.3 Å². The predicted molar refractivity (Wildman–Crippen MR) is 124 cm³/mol. The van der Waals surface area contributed by atoms with Gasteiger partial charge < -0.3 is 9.15 Å². The van der Waals surface area contributed by atoms with Crippen molar-refractivity contribution in [2.24, 2.45) is 0 Å². The largest absolute Gasteiger partial charge is 0.460 e. The molecule has 0 unspecified atom stereocenters. The van der Waals surface area contributed by atoms with Crippen LogP contribution in [0.15, 0.2) is 51.8 Å². The molecule has 1 aliphatic heterocycles. The fraction of sp³-hybridized carbons (Fsp3) is 0.318. The van der Waals surface area contributed by atoms with Crippen molar-refractivity contribution in [1.82, 2.24) is 18.0 Å². The number of nitrogens with zero attached hydrogens (tertiary/aromatic N) is 4. The number of hydrogen-bond acceptors (Lipinski definition) is 9. The van der Waals surface area contributed by atoms with Crippen LogP contribution in [0.3, 0.4) is 0 Å². The number of esters is 1. The molecule has 5 rings (SSSR count). The first-order chi connectivity index (χ1) is 16.0. The van der Waals surface area contributed by atoms with Crippen molar-refractivity contribution in [2.75, 3.05) is 32.8 Å². The minimum atomic E-state index is -3.69. The number of rotatable bonds is 6. The Morgan fingerprint density at radius 2 is 1.88 bits per heavy atom. The smallest absolute Gasteiger partial charge is 0.374 e. The Morgan fingerprint density at radius 3 is 2.67 bits per heavy atom. The number of furan rings is 1. The van der Waals surface area contributed by atoms with E-state index < -0.39 is 16.0 Å². The van der Waals surface area contributed by atoms with Crippen molar-refractivity contribution >= 4 is 49.7 Å². The topological polar surface area (TPSA) is 106 Å². The van der Waals surface area contributed by atoms with Gasteiger partial charge in [-0.15, -0.1) is 0 Å². The quantitative estimate of drug-likeness (QED) is 0.383. The molecule has 9 nitrogen and oxygen atoms in total. The molecule has 3 heterocycles. The van der Waals surface area contributed by atoms with Crippen LogP contribution in [0.1, 0.15) is 23.0 Å². The first-order valence-corrected chi connectivity index (χ1v) is 12.8. The lowest BCUT2D eigenvalue weighted by molar-refractivity contribution is 0.0488. The second kappa shape index (κ2) is 8.82. The molecule has 0 saturated carbocycles. The van der Waals surface area contributed by atoms with Crippen LogP contribution in [-0.4, -0.2) is 65.1 Å². The van der Waals surface area contributed by atoms with Gasteiger partial charge in [0.15, 0.2) is 0 Å². The number of benzene rings is 2. The molecular weight excluding hydrogens is 464 g/mol. The second-order valence-corrected chi connectivity index (χ2v) is 10.1. The molecule has 4 aromatic rings. The second-order valence-electron chi connectivity index (χ2n) is 7.69. The van der Waals surface area contributed by atoms with Gasteiger partial charge in [-0.1, -0.05) is 24.3 Å². The highest BCUT2D eigenvalue weighted by molar-refractivity contribution is 7.89. The fourth-order valence-corrected chi connectivity index (χ4v) is 6.27. The molecule has 0 radical (unpaired) electrons. The van der Waals surface area contributed by atoms with E-state index in [4.69, 9.17) is 9.15 Å². The van der Waals surface area contributed by atoms with E-state index in [1.54, 1.807) is 25.1 Å². The minimum Gasteiger partial charge on any atom is -0.460 e. The summed E-state index contributed by atoms with van der Waals surface area (Å²) in [4.78, 5) is 14.8. The Kier molecular flexibility index (Phi) is 5.87. The van der Waals surface area contributed by atoms with Gasteiger partial charge in [0.1, 0.15) is 21.5 Å². The molecule has 0 bridgehead atoms. The van der Waals surface area contributed by atoms with Gasteiger partial charge in [0.05, 0.1) is 18.3 Å². The van der Waals surface area contributed by atoms with E-state index in [0.29, 0.717) is 49.3 Å². The zero-order valence-corrected chi connectivity index (χ0v) is 19.6. The highest BCUT2D eigenvalue weighted by Gasteiger charge is 2.32. The summed E-state index contributed by atoms with van der Waals surface area (Å²) in [7, 11) is -3.69. The number of carbonyl (C=O) groups is 1. The third kappa shape index (κ3) is 4.01. The van der Waals surface area contributed by atoms with E-state index in [9.17, 15) is 13.2 Å². The summed E-state index contributed by atoms with van der Waals surface area (Å²) in [6.07, 6.45) is 0. The van der Waals surface area contributed by atoms with Gasteiger partial charge in [-0.25, -0.2) is 13.2 Å². The number of ether oxygens (including phenoxy) is 1. The Bertz CT molecular complexity index is 1420. The fourth-order valence-electron chi connectivity index (χ4n) is 4.10. The zero-order valence-electron chi connectivity index (χ0n) is 17.9. The molecule has 1 saturated heterocycles. The molecular formula is C22H22N4O5S2. The number of carbonyl (C=O) groups excluding carboxylic acids is 1. The van der Waals surface area contributed by atoms with Crippen molar-refractivity contribution in [1.29, 1.82) is 0 Å². The average Bonchev–Trinajstić information content (AvgIpc) is 3.44. The Labute approximate surface area is 194 Å². The Balaban J connectivity index is 1.35. The SMILES string of the molecule is CCOC(=O)c1oc2ccccc2c1CN1CCN(S(=O)(=O)c2cccc3nsnc23)CC1. The number of hydrogen-bond donors (Lipinski definition) is 0. The van der Waals surface area contributed by atoms with Gasteiger partial charge in [0.25, 0.3) is 0 Å². The Morgan fingerprint density at radius 1 is 1.09 bits per heavy atom. The molecule has 0 N–H and O–H groups in total. The molecule has 172 valence electrons. The molecule has 0 amide bonds. The molecule has 1 aliphatic rings. The molecule has 0 aliphatic carbocycles. The average molecular weight is 487 g/mol. The number of sulfonamides is 1. The number of para-hydroxylation sites is 1. The minimum absolute atomic E-state index is 0.188. The van der Waals surface area contributed by atoms with Crippen LogP contribution in [0.5, 0.6) is 0 Å². The van der Waals surface area contributed by atoms with Gasteiger partial charge in [0, 0.05) is 43.7 Å². The standard InChI is InChI=1S/C22H22N4O5S2/c1-2-30-22(27)21-16(15-6-3-4-8-18(15)31-21)14-25-10-12-26(13-11-25)33(28,29)19-9-5-7-17-20(19)24-32-23-17/h3-9H,2,10-14H2,1H3. The summed E-state index contributed by atoms with van der Waals surface area (Å²) in [5.74, 6) is -0.286. The summed E-state index contributed by atoms with van der Waals surface area (Å²) < 4.78 is 47.3. The maximum atomic E-state index is 13.3. The Hall–Kier alpha value is -2.86. The number of fused-ring (bicyclic) bond motifs is 2. The highest BCUT2D eigenvalue weighted by Crippen LogP contribution is 2.29. The lowest BCUT2D eigenvalue weighted by Gasteiger charge is -2.33. The van der Waals surface area contributed by atoms with Crippen LogP contribution >= 0.6 is 11.7 Å². The monoisotopic (exact) mass is 486 g/mol. The van der Waals surface area contributed by atoms with Gasteiger partial charge in [-0.05, 0) is 25.1 Å². The van der Waals surface area contributed by atoms with E-state index in [0.717, 1.165) is 22.7 Å². The van der Waals surface area contributed by atoms with Crippen molar-refractivity contribution in [3.8, 4) is 0 Å². The molecule has 1 fully saturated rings. The molecule has 2 aromatic carbocycles. The van der Waals surface area contributed by atoms with Crippen LogP contribution in [0, 0.1) is 0 Å². The van der Waals surface area contributed by atoms with Crippen molar-refractivity contribution in [3.05, 3.63) is 53.8 Å². The summed E-state index contributed by atoms with van der Waals surface area (Å²) in [5.41, 5.74) is 2.38. The first-order valence-electron chi connectivity index (χ1n) is 10.6. The summed E-state index contributed by atoms with van der Waals surface area (Å²) in [5, 5.41) is 0.860. The van der Waals surface area contributed by atoms with Crippen molar-refractivity contribution < 1.29 is 22.4 Å². The molecule has 2 aromatic heterocycles. The maximum absolute atomic E-state index is 13.3. The lowest BCUT2D eigenvalue weighted by atomic mass is 10.1. The summed E-state index contributed by atoms with van der Waals surface area (Å²) in [6.45, 7) is 4.18. The normalized spacial score (nSPS) is 15.9. The molecule has 0 spiro atoms. The van der Waals surface area contributed by atoms with Crippen LogP contribution in [-0.2, 0) is 21.3 Å². The van der Waals surface area contributed by atoms with E-state index in [1.165, 1.54) is 4.31 Å². The number of aromatic nitrogens is 2. The number of piperazine rings is 1. The van der Waals surface area contributed by atoms with Crippen LogP contribution in [0.4, 0.5) is 0 Å². The third-order valence-corrected chi connectivity index (χ3v) is 8.21. The van der Waals surface area contributed by atoms with Crippen LogP contribution in [0.25, 0.3) is 22.0 Å². The molecule has 0 atom stereocenters. The lowest BCUT2D eigenvalue weighted by Crippen LogP contribution is -2.48. The van der Waals surface area contributed by atoms with Gasteiger partial charge >= 0.3 is 5.97 Å². The van der Waals surface area contributed by atoms with Crippen molar-refractivity contribution in [2.45, 2.75) is 18.4 Å². The first kappa shape index (κ1) is 22.0.